The number of hydrogen-bond acceptors (Lipinski definition) is 4. The summed E-state index contributed by atoms with van der Waals surface area (Å²) < 4.78 is 2.27. The van der Waals surface area contributed by atoms with Gasteiger partial charge in [-0.3, -0.25) is 9.47 Å². The fourth-order valence-electron chi connectivity index (χ4n) is 3.69. The number of rotatable bonds is 3. The maximum atomic E-state index is 4.62. The van der Waals surface area contributed by atoms with E-state index in [0.717, 1.165) is 35.6 Å². The molecule has 0 unspecified atom stereocenters. The molecule has 30 heavy (non-hydrogen) atoms. The van der Waals surface area contributed by atoms with Gasteiger partial charge in [-0.15, -0.1) is 10.2 Å². The molecule has 2 aromatic carbocycles. The van der Waals surface area contributed by atoms with Crippen LogP contribution in [0.25, 0.3) is 11.4 Å². The standard InChI is InChI=1S/C25H32N4S/c1-24(2,3)20-12-19(13-21(14-20)25(4,5)6)22-26-27-23-29(22)16-28(17-30-23)15-18-10-8-7-9-11-18/h7-14H,15-17H2,1-6H3. The highest BCUT2D eigenvalue weighted by Crippen LogP contribution is 2.35. The summed E-state index contributed by atoms with van der Waals surface area (Å²) in [4.78, 5) is 2.44. The summed E-state index contributed by atoms with van der Waals surface area (Å²) in [6.07, 6.45) is 0. The fraction of sp³-hybridized carbons (Fsp3) is 0.440. The Morgan fingerprint density at radius 3 is 2.10 bits per heavy atom. The maximum Gasteiger partial charge on any atom is 0.193 e. The topological polar surface area (TPSA) is 34.0 Å². The van der Waals surface area contributed by atoms with Crippen molar-refractivity contribution in [3.63, 3.8) is 0 Å². The van der Waals surface area contributed by atoms with E-state index in [9.17, 15) is 0 Å². The zero-order valence-electron chi connectivity index (χ0n) is 18.9. The average Bonchev–Trinajstić information content (AvgIpc) is 3.10. The van der Waals surface area contributed by atoms with Crippen molar-refractivity contribution in [3.05, 3.63) is 65.2 Å². The van der Waals surface area contributed by atoms with Crippen molar-refractivity contribution in [2.45, 2.75) is 70.7 Å². The van der Waals surface area contributed by atoms with Crippen LogP contribution in [0.4, 0.5) is 0 Å². The van der Waals surface area contributed by atoms with Crippen LogP contribution in [0, 0.1) is 0 Å². The Kier molecular flexibility index (Phi) is 5.54. The summed E-state index contributed by atoms with van der Waals surface area (Å²) in [5.74, 6) is 1.90. The van der Waals surface area contributed by atoms with Crippen molar-refractivity contribution in [3.8, 4) is 11.4 Å². The van der Waals surface area contributed by atoms with E-state index >= 15 is 0 Å². The van der Waals surface area contributed by atoms with E-state index in [1.54, 1.807) is 11.8 Å². The van der Waals surface area contributed by atoms with Crippen molar-refractivity contribution in [1.29, 1.82) is 0 Å². The number of aromatic nitrogens is 3. The molecule has 0 N–H and O–H groups in total. The fourth-order valence-corrected chi connectivity index (χ4v) is 4.56. The predicted octanol–water partition coefficient (Wildman–Crippen LogP) is 6.06. The Morgan fingerprint density at radius 2 is 1.50 bits per heavy atom. The van der Waals surface area contributed by atoms with E-state index in [2.05, 4.69) is 110 Å². The van der Waals surface area contributed by atoms with Gasteiger partial charge in [0.05, 0.1) is 12.5 Å². The number of nitrogens with zero attached hydrogens (tertiary/aromatic N) is 4. The third-order valence-electron chi connectivity index (χ3n) is 5.61. The first kappa shape index (κ1) is 21.1. The monoisotopic (exact) mass is 420 g/mol. The number of thioether (sulfide) groups is 1. The van der Waals surface area contributed by atoms with Crippen LogP contribution < -0.4 is 0 Å². The molecule has 1 aromatic heterocycles. The van der Waals surface area contributed by atoms with Gasteiger partial charge in [0.2, 0.25) is 0 Å². The molecule has 0 atom stereocenters. The summed E-state index contributed by atoms with van der Waals surface area (Å²) in [7, 11) is 0. The highest BCUT2D eigenvalue weighted by Gasteiger charge is 2.26. The molecular formula is C25H32N4S. The lowest BCUT2D eigenvalue weighted by atomic mass is 9.79. The molecule has 0 saturated heterocycles. The minimum Gasteiger partial charge on any atom is -0.288 e. The van der Waals surface area contributed by atoms with Crippen LogP contribution in [-0.2, 0) is 24.0 Å². The molecule has 4 rings (SSSR count). The Morgan fingerprint density at radius 1 is 0.867 bits per heavy atom. The Hall–Kier alpha value is -2.11. The van der Waals surface area contributed by atoms with Gasteiger partial charge in [0.25, 0.3) is 0 Å². The van der Waals surface area contributed by atoms with Crippen molar-refractivity contribution in [1.82, 2.24) is 19.7 Å². The van der Waals surface area contributed by atoms with E-state index in [1.807, 2.05) is 0 Å². The van der Waals surface area contributed by atoms with Gasteiger partial charge in [-0.25, -0.2) is 0 Å². The molecule has 0 amide bonds. The number of fused-ring (bicyclic) bond motifs is 1. The van der Waals surface area contributed by atoms with Crippen LogP contribution in [-0.4, -0.2) is 25.5 Å². The second-order valence-corrected chi connectivity index (χ2v) is 11.2. The van der Waals surface area contributed by atoms with Crippen LogP contribution in [0.1, 0.15) is 58.2 Å². The Bertz CT molecular complexity index is 993. The van der Waals surface area contributed by atoms with Crippen molar-refractivity contribution >= 4 is 11.8 Å². The van der Waals surface area contributed by atoms with E-state index in [-0.39, 0.29) is 10.8 Å². The molecule has 5 heteroatoms. The highest BCUT2D eigenvalue weighted by atomic mass is 32.2. The number of benzene rings is 2. The highest BCUT2D eigenvalue weighted by molar-refractivity contribution is 7.99. The van der Waals surface area contributed by atoms with Crippen LogP contribution in [0.2, 0.25) is 0 Å². The number of hydrogen-bond donors (Lipinski definition) is 0. The van der Waals surface area contributed by atoms with Crippen molar-refractivity contribution < 1.29 is 0 Å². The van der Waals surface area contributed by atoms with E-state index in [4.69, 9.17) is 0 Å². The molecule has 1 aliphatic heterocycles. The first-order valence-electron chi connectivity index (χ1n) is 10.6. The van der Waals surface area contributed by atoms with Gasteiger partial charge in [-0.05, 0) is 39.7 Å². The zero-order chi connectivity index (χ0) is 21.5. The first-order valence-corrected chi connectivity index (χ1v) is 11.6. The van der Waals surface area contributed by atoms with Crippen LogP contribution >= 0.6 is 11.8 Å². The van der Waals surface area contributed by atoms with Gasteiger partial charge in [0.15, 0.2) is 11.0 Å². The van der Waals surface area contributed by atoms with Gasteiger partial charge in [-0.1, -0.05) is 89.7 Å². The minimum atomic E-state index is 0.0782. The zero-order valence-corrected chi connectivity index (χ0v) is 19.8. The summed E-state index contributed by atoms with van der Waals surface area (Å²) in [5.41, 5.74) is 5.33. The summed E-state index contributed by atoms with van der Waals surface area (Å²) in [5, 5.41) is 10.1. The lowest BCUT2D eigenvalue weighted by Gasteiger charge is -2.29. The molecular weight excluding hydrogens is 388 g/mol. The largest absolute Gasteiger partial charge is 0.288 e. The van der Waals surface area contributed by atoms with Crippen LogP contribution in [0.15, 0.2) is 53.7 Å². The third-order valence-corrected chi connectivity index (χ3v) is 6.66. The van der Waals surface area contributed by atoms with Gasteiger partial charge < -0.3 is 0 Å². The summed E-state index contributed by atoms with van der Waals surface area (Å²) in [6.45, 7) is 15.4. The maximum absolute atomic E-state index is 4.62. The Labute approximate surface area is 184 Å². The summed E-state index contributed by atoms with van der Waals surface area (Å²) in [6, 6.07) is 17.6. The average molecular weight is 421 g/mol. The quantitative estimate of drug-likeness (QED) is 0.515. The molecule has 0 aliphatic carbocycles. The molecule has 158 valence electrons. The summed E-state index contributed by atoms with van der Waals surface area (Å²) >= 11 is 1.77. The van der Waals surface area contributed by atoms with E-state index in [0.29, 0.717) is 0 Å². The van der Waals surface area contributed by atoms with Gasteiger partial charge in [0, 0.05) is 12.1 Å². The van der Waals surface area contributed by atoms with Gasteiger partial charge in [-0.2, -0.15) is 0 Å². The Balaban J connectivity index is 1.71. The van der Waals surface area contributed by atoms with Crippen molar-refractivity contribution in [2.24, 2.45) is 0 Å². The SMILES string of the molecule is CC(C)(C)c1cc(-c2nnc3n2CN(Cc2ccccc2)CS3)cc(C(C)(C)C)c1. The van der Waals surface area contributed by atoms with E-state index in [1.165, 1.54) is 16.7 Å². The van der Waals surface area contributed by atoms with Gasteiger partial charge in [0.1, 0.15) is 0 Å². The first-order chi connectivity index (χ1) is 14.1. The van der Waals surface area contributed by atoms with Crippen LogP contribution in [0.5, 0.6) is 0 Å². The third kappa shape index (κ3) is 4.47. The molecule has 2 heterocycles. The van der Waals surface area contributed by atoms with Crippen LogP contribution in [0.3, 0.4) is 0 Å². The molecule has 1 aliphatic rings. The lowest BCUT2D eigenvalue weighted by Crippen LogP contribution is -2.30. The molecule has 0 bridgehead atoms. The second-order valence-electron chi connectivity index (χ2n) is 10.3. The second kappa shape index (κ2) is 7.86. The molecule has 0 spiro atoms. The van der Waals surface area contributed by atoms with Crippen molar-refractivity contribution in [2.75, 3.05) is 5.88 Å². The normalized spacial score (nSPS) is 15.3. The molecule has 3 aromatic rings. The smallest absolute Gasteiger partial charge is 0.193 e. The predicted molar refractivity (Wildman–Crippen MR) is 126 cm³/mol. The van der Waals surface area contributed by atoms with Gasteiger partial charge >= 0.3 is 0 Å². The lowest BCUT2D eigenvalue weighted by molar-refractivity contribution is 0.231. The molecule has 0 fully saturated rings. The molecule has 0 saturated carbocycles. The molecule has 4 nitrogen and oxygen atoms in total. The van der Waals surface area contributed by atoms with E-state index < -0.39 is 0 Å². The molecule has 0 radical (unpaired) electrons. The minimum absolute atomic E-state index is 0.0782.